The normalized spacial score (nSPS) is 11.6. The minimum absolute atomic E-state index is 0.0571. The molecule has 0 unspecified atom stereocenters. The van der Waals surface area contributed by atoms with Crippen LogP contribution in [0.15, 0.2) is 24.4 Å². The van der Waals surface area contributed by atoms with Crippen molar-refractivity contribution in [2.24, 2.45) is 0 Å². The SMILES string of the molecule is COc1ccc(-c2[nH]ncc2N)c(C(F)(F)F)c1. The van der Waals surface area contributed by atoms with E-state index in [1.165, 1.54) is 25.4 Å². The first-order chi connectivity index (χ1) is 8.43. The van der Waals surface area contributed by atoms with Crippen LogP contribution >= 0.6 is 0 Å². The summed E-state index contributed by atoms with van der Waals surface area (Å²) in [4.78, 5) is 0. The maximum Gasteiger partial charge on any atom is 0.417 e. The van der Waals surface area contributed by atoms with Crippen LogP contribution in [0, 0.1) is 0 Å². The number of hydrogen-bond donors (Lipinski definition) is 2. The molecule has 0 atom stereocenters. The average molecular weight is 257 g/mol. The smallest absolute Gasteiger partial charge is 0.417 e. The average Bonchev–Trinajstić information content (AvgIpc) is 2.73. The number of aromatic nitrogens is 2. The molecule has 2 rings (SSSR count). The van der Waals surface area contributed by atoms with Gasteiger partial charge in [-0.1, -0.05) is 0 Å². The fraction of sp³-hybridized carbons (Fsp3) is 0.182. The summed E-state index contributed by atoms with van der Waals surface area (Å²) in [6.45, 7) is 0. The Morgan fingerprint density at radius 3 is 2.56 bits per heavy atom. The number of rotatable bonds is 2. The number of methoxy groups -OCH3 is 1. The first-order valence-electron chi connectivity index (χ1n) is 4.98. The molecule has 18 heavy (non-hydrogen) atoms. The largest absolute Gasteiger partial charge is 0.497 e. The highest BCUT2D eigenvalue weighted by molar-refractivity contribution is 5.75. The molecule has 0 fully saturated rings. The van der Waals surface area contributed by atoms with Crippen molar-refractivity contribution in [1.29, 1.82) is 0 Å². The molecule has 1 aromatic heterocycles. The summed E-state index contributed by atoms with van der Waals surface area (Å²) in [5.41, 5.74) is 4.99. The summed E-state index contributed by atoms with van der Waals surface area (Å²) in [6, 6.07) is 3.66. The van der Waals surface area contributed by atoms with E-state index in [1.807, 2.05) is 0 Å². The molecule has 0 amide bonds. The Hall–Kier alpha value is -2.18. The molecular weight excluding hydrogens is 247 g/mol. The zero-order valence-electron chi connectivity index (χ0n) is 9.38. The summed E-state index contributed by atoms with van der Waals surface area (Å²) in [7, 11) is 1.31. The highest BCUT2D eigenvalue weighted by Gasteiger charge is 2.35. The van der Waals surface area contributed by atoms with E-state index in [1.54, 1.807) is 0 Å². The molecule has 0 aliphatic heterocycles. The summed E-state index contributed by atoms with van der Waals surface area (Å²) in [6.07, 6.45) is -3.23. The van der Waals surface area contributed by atoms with E-state index in [0.29, 0.717) is 0 Å². The number of nitrogen functional groups attached to an aromatic ring is 1. The Morgan fingerprint density at radius 1 is 1.33 bits per heavy atom. The third kappa shape index (κ3) is 2.11. The second kappa shape index (κ2) is 4.25. The van der Waals surface area contributed by atoms with Crippen LogP contribution in [0.3, 0.4) is 0 Å². The summed E-state index contributed by atoms with van der Waals surface area (Å²) >= 11 is 0. The second-order valence-electron chi connectivity index (χ2n) is 3.61. The number of aromatic amines is 1. The molecule has 0 spiro atoms. The lowest BCUT2D eigenvalue weighted by Gasteiger charge is -2.13. The predicted molar refractivity (Wildman–Crippen MR) is 60.0 cm³/mol. The van der Waals surface area contributed by atoms with Crippen LogP contribution in [-0.2, 0) is 6.18 Å². The second-order valence-corrected chi connectivity index (χ2v) is 3.61. The van der Waals surface area contributed by atoms with Crippen molar-refractivity contribution in [2.45, 2.75) is 6.18 Å². The number of nitrogens with zero attached hydrogens (tertiary/aromatic N) is 1. The van der Waals surface area contributed by atoms with Crippen LogP contribution in [0.2, 0.25) is 0 Å². The van der Waals surface area contributed by atoms with Gasteiger partial charge in [0.1, 0.15) is 5.75 Å². The first-order valence-corrected chi connectivity index (χ1v) is 4.98. The molecule has 96 valence electrons. The number of ether oxygens (including phenoxy) is 1. The summed E-state index contributed by atoms with van der Waals surface area (Å²) < 4.78 is 43.7. The molecule has 4 nitrogen and oxygen atoms in total. The van der Waals surface area contributed by atoms with Crippen LogP contribution < -0.4 is 10.5 Å². The number of benzene rings is 1. The zero-order chi connectivity index (χ0) is 13.3. The van der Waals surface area contributed by atoms with Gasteiger partial charge in [0.25, 0.3) is 0 Å². The fourth-order valence-electron chi connectivity index (χ4n) is 1.61. The van der Waals surface area contributed by atoms with Crippen LogP contribution in [-0.4, -0.2) is 17.3 Å². The highest BCUT2D eigenvalue weighted by atomic mass is 19.4. The molecule has 3 N–H and O–H groups in total. The lowest BCUT2D eigenvalue weighted by Crippen LogP contribution is -2.08. The number of nitrogens with two attached hydrogens (primary N) is 1. The van der Waals surface area contributed by atoms with Gasteiger partial charge < -0.3 is 10.5 Å². The van der Waals surface area contributed by atoms with Crippen molar-refractivity contribution in [2.75, 3.05) is 12.8 Å². The van der Waals surface area contributed by atoms with Gasteiger partial charge in [-0.25, -0.2) is 0 Å². The maximum absolute atomic E-state index is 13.0. The van der Waals surface area contributed by atoms with Crippen LogP contribution in [0.1, 0.15) is 5.56 Å². The third-order valence-corrected chi connectivity index (χ3v) is 2.47. The fourth-order valence-corrected chi connectivity index (χ4v) is 1.61. The molecule has 7 heteroatoms. The van der Waals surface area contributed by atoms with E-state index in [4.69, 9.17) is 10.5 Å². The molecule has 0 saturated heterocycles. The number of alkyl halides is 3. The van der Waals surface area contributed by atoms with E-state index in [-0.39, 0.29) is 22.7 Å². The maximum atomic E-state index is 13.0. The molecule has 0 aliphatic carbocycles. The van der Waals surface area contributed by atoms with Crippen molar-refractivity contribution >= 4 is 5.69 Å². The van der Waals surface area contributed by atoms with Gasteiger partial charge in [0.05, 0.1) is 30.3 Å². The Balaban J connectivity index is 2.64. The Labute approximate surface area is 101 Å². The van der Waals surface area contributed by atoms with Gasteiger partial charge in [-0.05, 0) is 18.2 Å². The van der Waals surface area contributed by atoms with Crippen LogP contribution in [0.5, 0.6) is 5.75 Å². The molecular formula is C11H10F3N3O. The van der Waals surface area contributed by atoms with Gasteiger partial charge in [0, 0.05) is 5.56 Å². The standard InChI is InChI=1S/C11H10F3N3O/c1-18-6-2-3-7(8(4-6)11(12,13)14)10-9(15)5-16-17-10/h2-5H,15H2,1H3,(H,16,17). The topological polar surface area (TPSA) is 63.9 Å². The van der Waals surface area contributed by atoms with Gasteiger partial charge in [-0.15, -0.1) is 0 Å². The van der Waals surface area contributed by atoms with Crippen LogP contribution in [0.4, 0.5) is 18.9 Å². The lowest BCUT2D eigenvalue weighted by atomic mass is 10.0. The number of H-pyrrole nitrogens is 1. The number of nitrogens with one attached hydrogen (secondary N) is 1. The number of hydrogen-bond acceptors (Lipinski definition) is 3. The molecule has 1 heterocycles. The Bertz CT molecular complexity index is 563. The Morgan fingerprint density at radius 2 is 2.06 bits per heavy atom. The number of halogens is 3. The first kappa shape index (κ1) is 12.3. The van der Waals surface area contributed by atoms with Crippen molar-refractivity contribution < 1.29 is 17.9 Å². The van der Waals surface area contributed by atoms with E-state index < -0.39 is 11.7 Å². The van der Waals surface area contributed by atoms with Crippen molar-refractivity contribution in [1.82, 2.24) is 10.2 Å². The van der Waals surface area contributed by atoms with E-state index >= 15 is 0 Å². The monoisotopic (exact) mass is 257 g/mol. The van der Waals surface area contributed by atoms with Gasteiger partial charge in [-0.3, -0.25) is 5.10 Å². The molecule has 0 saturated carbocycles. The summed E-state index contributed by atoms with van der Waals surface area (Å²) in [5, 5.41) is 6.07. The van der Waals surface area contributed by atoms with E-state index in [2.05, 4.69) is 10.2 Å². The van der Waals surface area contributed by atoms with Crippen molar-refractivity contribution in [3.63, 3.8) is 0 Å². The molecule has 0 bridgehead atoms. The molecule has 1 aromatic carbocycles. The predicted octanol–water partition coefficient (Wildman–Crippen LogP) is 2.69. The lowest BCUT2D eigenvalue weighted by molar-refractivity contribution is -0.137. The van der Waals surface area contributed by atoms with Gasteiger partial charge in [0.15, 0.2) is 0 Å². The molecule has 0 aliphatic rings. The highest BCUT2D eigenvalue weighted by Crippen LogP contribution is 2.39. The Kier molecular flexibility index (Phi) is 2.90. The third-order valence-electron chi connectivity index (χ3n) is 2.47. The molecule has 0 radical (unpaired) electrons. The van der Waals surface area contributed by atoms with Gasteiger partial charge in [0.2, 0.25) is 0 Å². The zero-order valence-corrected chi connectivity index (χ0v) is 9.38. The van der Waals surface area contributed by atoms with E-state index in [9.17, 15) is 13.2 Å². The minimum Gasteiger partial charge on any atom is -0.497 e. The minimum atomic E-state index is -4.50. The summed E-state index contributed by atoms with van der Waals surface area (Å²) in [5.74, 6) is 0.129. The van der Waals surface area contributed by atoms with Crippen LogP contribution in [0.25, 0.3) is 11.3 Å². The number of anilines is 1. The van der Waals surface area contributed by atoms with Gasteiger partial charge >= 0.3 is 6.18 Å². The molecule has 2 aromatic rings. The quantitative estimate of drug-likeness (QED) is 0.869. The van der Waals surface area contributed by atoms with E-state index in [0.717, 1.165) is 6.07 Å². The van der Waals surface area contributed by atoms with Crippen molar-refractivity contribution in [3.8, 4) is 17.0 Å². The van der Waals surface area contributed by atoms with Crippen molar-refractivity contribution in [3.05, 3.63) is 30.0 Å². The van der Waals surface area contributed by atoms with Gasteiger partial charge in [-0.2, -0.15) is 18.3 Å².